The molecule has 224 valence electrons. The largest absolute Gasteiger partial charge is 0.480 e. The van der Waals surface area contributed by atoms with E-state index >= 15 is 0 Å². The molecular formula is C33H45NO7. The van der Waals surface area contributed by atoms with Crippen LogP contribution >= 0.6 is 0 Å². The smallest absolute Gasteiger partial charge is 0.411 e. The summed E-state index contributed by atoms with van der Waals surface area (Å²) in [5.74, 6) is -0.890. The van der Waals surface area contributed by atoms with Crippen LogP contribution in [0.3, 0.4) is 0 Å². The van der Waals surface area contributed by atoms with E-state index in [4.69, 9.17) is 9.47 Å². The summed E-state index contributed by atoms with van der Waals surface area (Å²) in [5, 5.41) is 10.1. The number of unbranched alkanes of at least 4 members (excludes halogenated alkanes) is 3. The Labute approximate surface area is 244 Å². The van der Waals surface area contributed by atoms with Crippen LogP contribution in [-0.2, 0) is 43.2 Å². The predicted molar refractivity (Wildman–Crippen MR) is 158 cm³/mol. The number of Topliss-reactive ketones (excluding diaryl/α,β-unsaturated/α-hetero) is 2. The highest BCUT2D eigenvalue weighted by atomic mass is 16.6. The van der Waals surface area contributed by atoms with Gasteiger partial charge in [0.05, 0.1) is 0 Å². The molecule has 0 aliphatic rings. The van der Waals surface area contributed by atoms with Gasteiger partial charge in [0, 0.05) is 38.8 Å². The highest BCUT2D eigenvalue weighted by molar-refractivity contribution is 5.81. The van der Waals surface area contributed by atoms with E-state index in [-0.39, 0.29) is 37.6 Å². The number of hydrogen-bond acceptors (Lipinski definition) is 6. The Bertz CT molecular complexity index is 1120. The number of carboxylic acids is 1. The van der Waals surface area contributed by atoms with Crippen LogP contribution in [-0.4, -0.2) is 58.5 Å². The van der Waals surface area contributed by atoms with Gasteiger partial charge in [-0.1, -0.05) is 67.4 Å². The van der Waals surface area contributed by atoms with E-state index in [1.807, 2.05) is 61.5 Å². The van der Waals surface area contributed by atoms with Gasteiger partial charge in [-0.2, -0.15) is 0 Å². The number of carbonyl (C=O) groups is 4. The lowest BCUT2D eigenvalue weighted by molar-refractivity contribution is -0.143. The topological polar surface area (TPSA) is 110 Å². The third-order valence-electron chi connectivity index (χ3n) is 6.44. The van der Waals surface area contributed by atoms with E-state index in [1.54, 1.807) is 20.8 Å². The van der Waals surface area contributed by atoms with Gasteiger partial charge in [0.25, 0.3) is 0 Å². The van der Waals surface area contributed by atoms with E-state index < -0.39 is 23.7 Å². The lowest BCUT2D eigenvalue weighted by Gasteiger charge is -2.31. The Kier molecular flexibility index (Phi) is 14.2. The van der Waals surface area contributed by atoms with Crippen molar-refractivity contribution in [1.82, 2.24) is 4.90 Å². The molecule has 0 saturated heterocycles. The molecule has 1 atom stereocenters. The number of hydrogen-bond donors (Lipinski definition) is 1. The number of ether oxygens (including phenoxy) is 2. The fourth-order valence-corrected chi connectivity index (χ4v) is 4.43. The van der Waals surface area contributed by atoms with Gasteiger partial charge in [-0.05, 0) is 57.2 Å². The van der Waals surface area contributed by atoms with Crippen LogP contribution < -0.4 is 0 Å². The second-order valence-corrected chi connectivity index (χ2v) is 11.3. The van der Waals surface area contributed by atoms with Gasteiger partial charge in [0.2, 0.25) is 0 Å². The molecule has 2 aromatic rings. The molecule has 0 heterocycles. The normalized spacial score (nSPS) is 12.0. The number of aliphatic carboxylic acids is 1. The van der Waals surface area contributed by atoms with Gasteiger partial charge in [-0.3, -0.25) is 14.5 Å². The van der Waals surface area contributed by atoms with Crippen molar-refractivity contribution in [3.63, 3.8) is 0 Å². The average molecular weight is 568 g/mol. The SMILES string of the molecule is CCOCC(=O)CCCCCCC(=O)Cc1cccc(CN(C(=O)OC(C)(C)C)[C@@H](Cc2ccccc2)C(=O)O)c1. The molecule has 1 amide bonds. The summed E-state index contributed by atoms with van der Waals surface area (Å²) in [5.41, 5.74) is 1.54. The molecule has 0 aliphatic heterocycles. The van der Waals surface area contributed by atoms with Crippen LogP contribution in [0.15, 0.2) is 54.6 Å². The summed E-state index contributed by atoms with van der Waals surface area (Å²) in [6.07, 6.45) is 4.01. The minimum Gasteiger partial charge on any atom is -0.480 e. The van der Waals surface area contributed by atoms with E-state index in [2.05, 4.69) is 0 Å². The monoisotopic (exact) mass is 567 g/mol. The first-order valence-electron chi connectivity index (χ1n) is 14.4. The van der Waals surface area contributed by atoms with Gasteiger partial charge >= 0.3 is 12.1 Å². The van der Waals surface area contributed by atoms with Crippen molar-refractivity contribution in [2.75, 3.05) is 13.2 Å². The minimum atomic E-state index is -1.13. The summed E-state index contributed by atoms with van der Waals surface area (Å²) >= 11 is 0. The molecule has 8 heteroatoms. The molecule has 0 spiro atoms. The first-order chi connectivity index (χ1) is 19.5. The standard InChI is InChI=1S/C33H45NO7/c1-5-40-24-29(36)19-12-7-6-11-18-28(35)21-26-16-13-17-27(20-26)23-34(32(39)41-33(2,3)4)30(31(37)38)22-25-14-9-8-10-15-25/h8-10,13-17,20,30H,5-7,11-12,18-19,21-24H2,1-4H3,(H,37,38)/t30-/m0/s1. The van der Waals surface area contributed by atoms with Crippen LogP contribution in [0.4, 0.5) is 4.79 Å². The number of benzene rings is 2. The molecule has 8 nitrogen and oxygen atoms in total. The molecule has 1 N–H and O–H groups in total. The van der Waals surface area contributed by atoms with Crippen molar-refractivity contribution < 1.29 is 33.8 Å². The molecule has 2 aromatic carbocycles. The predicted octanol–water partition coefficient (Wildman–Crippen LogP) is 6.18. The second-order valence-electron chi connectivity index (χ2n) is 11.3. The maximum Gasteiger partial charge on any atom is 0.411 e. The molecular weight excluding hydrogens is 522 g/mol. The zero-order valence-corrected chi connectivity index (χ0v) is 24.9. The number of ketones is 2. The number of nitrogens with zero attached hydrogens (tertiary/aromatic N) is 1. The van der Waals surface area contributed by atoms with Crippen molar-refractivity contribution in [2.24, 2.45) is 0 Å². The Balaban J connectivity index is 2.01. The van der Waals surface area contributed by atoms with Gasteiger partial charge < -0.3 is 14.6 Å². The van der Waals surface area contributed by atoms with Crippen molar-refractivity contribution in [3.8, 4) is 0 Å². The average Bonchev–Trinajstić information content (AvgIpc) is 2.91. The van der Waals surface area contributed by atoms with E-state index in [0.29, 0.717) is 19.4 Å². The van der Waals surface area contributed by atoms with Crippen LogP contribution in [0, 0.1) is 0 Å². The number of amides is 1. The molecule has 0 aliphatic carbocycles. The Hall–Kier alpha value is -3.52. The lowest BCUT2D eigenvalue weighted by atomic mass is 10.0. The zero-order chi connectivity index (χ0) is 30.3. The number of carbonyl (C=O) groups excluding carboxylic acids is 3. The van der Waals surface area contributed by atoms with Gasteiger partial charge in [-0.15, -0.1) is 0 Å². The van der Waals surface area contributed by atoms with Gasteiger partial charge in [-0.25, -0.2) is 9.59 Å². The van der Waals surface area contributed by atoms with Gasteiger partial charge in [0.15, 0.2) is 5.78 Å². The fraction of sp³-hybridized carbons (Fsp3) is 0.515. The van der Waals surface area contributed by atoms with Crippen molar-refractivity contribution in [1.29, 1.82) is 0 Å². The summed E-state index contributed by atoms with van der Waals surface area (Å²) in [7, 11) is 0. The molecule has 0 unspecified atom stereocenters. The van der Waals surface area contributed by atoms with Crippen molar-refractivity contribution in [3.05, 3.63) is 71.3 Å². The molecule has 2 rings (SSSR count). The third kappa shape index (κ3) is 13.6. The quantitative estimate of drug-likeness (QED) is 0.214. The maximum atomic E-state index is 13.2. The van der Waals surface area contributed by atoms with E-state index in [1.165, 1.54) is 4.90 Å². The molecule has 0 aromatic heterocycles. The number of carboxylic acid groups (broad SMARTS) is 1. The van der Waals surface area contributed by atoms with Gasteiger partial charge in [0.1, 0.15) is 24.0 Å². The summed E-state index contributed by atoms with van der Waals surface area (Å²) in [6.45, 7) is 7.83. The first-order valence-corrected chi connectivity index (χ1v) is 14.4. The molecule has 0 bridgehead atoms. The summed E-state index contributed by atoms with van der Waals surface area (Å²) < 4.78 is 10.7. The maximum absolute atomic E-state index is 13.2. The molecule has 41 heavy (non-hydrogen) atoms. The summed E-state index contributed by atoms with van der Waals surface area (Å²) in [6, 6.07) is 15.4. The zero-order valence-electron chi connectivity index (χ0n) is 24.9. The molecule has 0 saturated carbocycles. The highest BCUT2D eigenvalue weighted by Crippen LogP contribution is 2.20. The first kappa shape index (κ1) is 33.7. The van der Waals surface area contributed by atoms with Crippen LogP contribution in [0.25, 0.3) is 0 Å². The second kappa shape index (κ2) is 17.3. The summed E-state index contributed by atoms with van der Waals surface area (Å²) in [4.78, 5) is 51.1. The Morgan fingerprint density at radius 3 is 2.05 bits per heavy atom. The highest BCUT2D eigenvalue weighted by Gasteiger charge is 2.33. The third-order valence-corrected chi connectivity index (χ3v) is 6.44. The molecule has 0 fully saturated rings. The van der Waals surface area contributed by atoms with Crippen LogP contribution in [0.5, 0.6) is 0 Å². The Morgan fingerprint density at radius 1 is 0.829 bits per heavy atom. The lowest BCUT2D eigenvalue weighted by Crippen LogP contribution is -2.47. The van der Waals surface area contributed by atoms with Crippen molar-refractivity contribution in [2.45, 2.75) is 97.2 Å². The van der Waals surface area contributed by atoms with Crippen LogP contribution in [0.1, 0.15) is 82.9 Å². The Morgan fingerprint density at radius 2 is 1.44 bits per heavy atom. The fourth-order valence-electron chi connectivity index (χ4n) is 4.43. The van der Waals surface area contributed by atoms with Crippen LogP contribution in [0.2, 0.25) is 0 Å². The number of rotatable bonds is 18. The van der Waals surface area contributed by atoms with Crippen molar-refractivity contribution >= 4 is 23.6 Å². The molecule has 0 radical (unpaired) electrons. The van der Waals surface area contributed by atoms with E-state index in [9.17, 15) is 24.3 Å². The van der Waals surface area contributed by atoms with E-state index in [0.717, 1.165) is 42.4 Å². The minimum absolute atomic E-state index is 0.0305.